The van der Waals surface area contributed by atoms with E-state index in [2.05, 4.69) is 11.9 Å². The molecule has 0 saturated heterocycles. The molecule has 9 heteroatoms. The van der Waals surface area contributed by atoms with Gasteiger partial charge in [-0.2, -0.15) is 0 Å². The number of fused-ring (bicyclic) bond motifs is 3. The fourth-order valence-electron chi connectivity index (χ4n) is 5.95. The smallest absolute Gasteiger partial charge is 0.410 e. The highest BCUT2D eigenvalue weighted by Gasteiger charge is 2.45. The molecule has 5 aromatic rings. The predicted octanol–water partition coefficient (Wildman–Crippen LogP) is 7.01. The molecule has 50 heavy (non-hydrogen) atoms. The maximum atomic E-state index is 14.5. The Hall–Kier alpha value is -6.48. The van der Waals surface area contributed by atoms with Crippen LogP contribution in [-0.4, -0.2) is 44.1 Å². The number of carbonyl (C=O) groups is 4. The van der Waals surface area contributed by atoms with Crippen LogP contribution in [0.15, 0.2) is 134 Å². The van der Waals surface area contributed by atoms with Crippen molar-refractivity contribution in [2.24, 2.45) is 0 Å². The number of benzene rings is 5. The molecule has 0 fully saturated rings. The molecule has 1 amide bonds. The minimum atomic E-state index is -2.15. The molecule has 1 aliphatic carbocycles. The van der Waals surface area contributed by atoms with Crippen LogP contribution < -0.4 is 10.1 Å². The first-order valence-corrected chi connectivity index (χ1v) is 15.8. The summed E-state index contributed by atoms with van der Waals surface area (Å²) in [6.07, 6.45) is 1.04. The van der Waals surface area contributed by atoms with Gasteiger partial charge in [-0.1, -0.05) is 97.6 Å². The highest BCUT2D eigenvalue weighted by molar-refractivity contribution is 6.11. The highest BCUT2D eigenvalue weighted by atomic mass is 16.6. The maximum Gasteiger partial charge on any atom is 0.410 e. The van der Waals surface area contributed by atoms with Gasteiger partial charge in [0.05, 0.1) is 12.7 Å². The quantitative estimate of drug-likeness (QED) is 0.0487. The summed E-state index contributed by atoms with van der Waals surface area (Å²) in [5, 5.41) is 2.78. The van der Waals surface area contributed by atoms with Crippen LogP contribution in [-0.2, 0) is 31.2 Å². The van der Waals surface area contributed by atoms with Gasteiger partial charge in [0.15, 0.2) is 12.4 Å². The van der Waals surface area contributed by atoms with Crippen molar-refractivity contribution >= 4 is 23.8 Å². The van der Waals surface area contributed by atoms with Gasteiger partial charge in [-0.15, -0.1) is 0 Å². The second kappa shape index (κ2) is 14.7. The van der Waals surface area contributed by atoms with Crippen molar-refractivity contribution in [3.05, 3.63) is 173 Å². The second-order valence-corrected chi connectivity index (χ2v) is 11.4. The van der Waals surface area contributed by atoms with Gasteiger partial charge in [-0.05, 0) is 65.1 Å². The average Bonchev–Trinajstić information content (AvgIpc) is 3.53. The average molecular weight is 668 g/mol. The molecule has 1 aliphatic rings. The number of carbonyl (C=O) groups excluding carboxylic acids is 4. The summed E-state index contributed by atoms with van der Waals surface area (Å²) < 4.78 is 22.3. The highest BCUT2D eigenvalue weighted by Crippen LogP contribution is 2.44. The predicted molar refractivity (Wildman–Crippen MR) is 186 cm³/mol. The van der Waals surface area contributed by atoms with E-state index in [0.29, 0.717) is 12.0 Å². The van der Waals surface area contributed by atoms with Crippen LogP contribution in [0.25, 0.3) is 11.1 Å². The molecule has 1 atom stereocenters. The topological polar surface area (TPSA) is 117 Å². The number of ketones is 1. The lowest BCUT2D eigenvalue weighted by Gasteiger charge is -2.36. The zero-order valence-corrected chi connectivity index (χ0v) is 27.2. The Morgan fingerprint density at radius 3 is 2.20 bits per heavy atom. The van der Waals surface area contributed by atoms with Crippen LogP contribution in [0, 0.1) is 0 Å². The molecule has 0 aromatic heterocycles. The van der Waals surface area contributed by atoms with Gasteiger partial charge in [-0.3, -0.25) is 10.1 Å². The standard InChI is InChI=1S/C41H33NO8/c1-3-21-48-37(43)26-49-32-19-12-18-31(24-32)41(42-40(46)47-2,50-39(45)28-15-8-5-9-16-28)36-23-30-22-29-17-10-11-20-33(29)34(30)25-35(36)38(44)27-13-6-4-7-14-27/h3-20,23-25H,1,21-22,26H2,2H3,(H,42,46). The summed E-state index contributed by atoms with van der Waals surface area (Å²) in [6, 6.07) is 34.8. The van der Waals surface area contributed by atoms with Gasteiger partial charge in [0.25, 0.3) is 0 Å². The van der Waals surface area contributed by atoms with Crippen molar-refractivity contribution in [2.45, 2.75) is 12.1 Å². The zero-order valence-electron chi connectivity index (χ0n) is 27.2. The maximum absolute atomic E-state index is 14.5. The fraction of sp³-hybridized carbons (Fsp3) is 0.122. The molecule has 0 aliphatic heterocycles. The lowest BCUT2D eigenvalue weighted by molar-refractivity contribution is -0.144. The normalized spacial score (nSPS) is 12.3. The van der Waals surface area contributed by atoms with E-state index in [1.807, 2.05) is 24.3 Å². The van der Waals surface area contributed by atoms with E-state index in [0.717, 1.165) is 22.3 Å². The van der Waals surface area contributed by atoms with Crippen LogP contribution in [0.3, 0.4) is 0 Å². The van der Waals surface area contributed by atoms with Crippen molar-refractivity contribution in [3.8, 4) is 16.9 Å². The minimum Gasteiger partial charge on any atom is -0.482 e. The number of methoxy groups -OCH3 is 1. The first-order chi connectivity index (χ1) is 24.3. The number of ether oxygens (including phenoxy) is 4. The molecule has 1 unspecified atom stereocenters. The third kappa shape index (κ3) is 6.88. The molecule has 9 nitrogen and oxygen atoms in total. The number of alkyl carbamates (subject to hydrolysis) is 1. The number of rotatable bonds is 12. The van der Waals surface area contributed by atoms with Gasteiger partial charge >= 0.3 is 18.0 Å². The van der Waals surface area contributed by atoms with Gasteiger partial charge in [0.1, 0.15) is 12.4 Å². The third-order valence-corrected chi connectivity index (χ3v) is 8.27. The lowest BCUT2D eigenvalue weighted by Crippen LogP contribution is -2.51. The van der Waals surface area contributed by atoms with Gasteiger partial charge in [0.2, 0.25) is 5.72 Å². The second-order valence-electron chi connectivity index (χ2n) is 11.4. The largest absolute Gasteiger partial charge is 0.482 e. The van der Waals surface area contributed by atoms with Crippen molar-refractivity contribution in [1.29, 1.82) is 0 Å². The Morgan fingerprint density at radius 1 is 0.780 bits per heavy atom. The van der Waals surface area contributed by atoms with Crippen LogP contribution >= 0.6 is 0 Å². The molecule has 0 heterocycles. The van der Waals surface area contributed by atoms with Crippen LogP contribution in [0.1, 0.15) is 48.5 Å². The fourth-order valence-corrected chi connectivity index (χ4v) is 5.95. The number of hydrogen-bond acceptors (Lipinski definition) is 8. The van der Waals surface area contributed by atoms with Gasteiger partial charge in [0, 0.05) is 22.3 Å². The number of esters is 2. The molecular weight excluding hydrogens is 634 g/mol. The Morgan fingerprint density at radius 2 is 1.48 bits per heavy atom. The van der Waals surface area contributed by atoms with E-state index in [4.69, 9.17) is 18.9 Å². The Balaban J connectivity index is 1.60. The first-order valence-electron chi connectivity index (χ1n) is 15.8. The summed E-state index contributed by atoms with van der Waals surface area (Å²) in [4.78, 5) is 54.2. The van der Waals surface area contributed by atoms with Gasteiger partial charge < -0.3 is 18.9 Å². The third-order valence-electron chi connectivity index (χ3n) is 8.27. The SMILES string of the molecule is C=CCOC(=O)COc1cccc(C(NC(=O)OC)(OC(=O)c2ccccc2)c2cc3c(cc2C(=O)c2ccccc2)-c2ccccc2C3)c1. The summed E-state index contributed by atoms with van der Waals surface area (Å²) in [7, 11) is 1.18. The first kappa shape index (κ1) is 33.4. The summed E-state index contributed by atoms with van der Waals surface area (Å²) >= 11 is 0. The molecule has 0 spiro atoms. The number of amides is 1. The summed E-state index contributed by atoms with van der Waals surface area (Å²) in [5.74, 6) is -1.58. The zero-order chi connectivity index (χ0) is 35.1. The molecule has 0 saturated carbocycles. The van der Waals surface area contributed by atoms with E-state index in [-0.39, 0.29) is 40.4 Å². The molecule has 0 radical (unpaired) electrons. The Bertz CT molecular complexity index is 2080. The summed E-state index contributed by atoms with van der Waals surface area (Å²) in [5.41, 5.74) is 2.76. The molecular formula is C41H33NO8. The van der Waals surface area contributed by atoms with E-state index < -0.39 is 30.4 Å². The van der Waals surface area contributed by atoms with Crippen molar-refractivity contribution in [3.63, 3.8) is 0 Å². The molecule has 6 rings (SSSR count). The van der Waals surface area contributed by atoms with Crippen LogP contribution in [0.4, 0.5) is 4.79 Å². The van der Waals surface area contributed by atoms with E-state index in [9.17, 15) is 19.2 Å². The minimum absolute atomic E-state index is 0.0181. The molecule has 1 N–H and O–H groups in total. The lowest BCUT2D eigenvalue weighted by atomic mass is 9.84. The van der Waals surface area contributed by atoms with Gasteiger partial charge in [-0.25, -0.2) is 14.4 Å². The van der Waals surface area contributed by atoms with Crippen molar-refractivity contribution in [1.82, 2.24) is 5.32 Å². The van der Waals surface area contributed by atoms with Crippen molar-refractivity contribution < 1.29 is 38.1 Å². The molecule has 250 valence electrons. The van der Waals surface area contributed by atoms with E-state index in [1.54, 1.807) is 91.0 Å². The summed E-state index contributed by atoms with van der Waals surface area (Å²) in [6.45, 7) is 3.13. The van der Waals surface area contributed by atoms with Crippen LogP contribution in [0.5, 0.6) is 5.75 Å². The van der Waals surface area contributed by atoms with Crippen molar-refractivity contribution in [2.75, 3.05) is 20.3 Å². The number of hydrogen-bond donors (Lipinski definition) is 1. The molecule has 0 bridgehead atoms. The monoisotopic (exact) mass is 667 g/mol. The Kier molecular flexibility index (Phi) is 9.85. The van der Waals surface area contributed by atoms with Crippen LogP contribution in [0.2, 0.25) is 0 Å². The molecule has 5 aromatic carbocycles. The van der Waals surface area contributed by atoms with E-state index in [1.165, 1.54) is 19.3 Å². The number of nitrogens with one attached hydrogen (secondary N) is 1. The Labute approximate surface area is 289 Å². The van der Waals surface area contributed by atoms with E-state index >= 15 is 0 Å².